The summed E-state index contributed by atoms with van der Waals surface area (Å²) in [6.07, 6.45) is 7.17. The number of hydrazine groups is 1. The molecule has 1 saturated heterocycles. The third kappa shape index (κ3) is 6.30. The summed E-state index contributed by atoms with van der Waals surface area (Å²) in [4.78, 5) is 33.8. The van der Waals surface area contributed by atoms with Gasteiger partial charge in [0.1, 0.15) is 6.04 Å². The molecule has 6 rings (SSSR count). The van der Waals surface area contributed by atoms with Crippen molar-refractivity contribution >= 4 is 28.4 Å². The van der Waals surface area contributed by atoms with Gasteiger partial charge in [-0.05, 0) is 79.5 Å². The maximum atomic E-state index is 13.3. The summed E-state index contributed by atoms with van der Waals surface area (Å²) < 4.78 is 8.42. The van der Waals surface area contributed by atoms with Gasteiger partial charge in [-0.2, -0.15) is 0 Å². The lowest BCUT2D eigenvalue weighted by Crippen LogP contribution is -2.60. The van der Waals surface area contributed by atoms with Crippen LogP contribution in [0, 0.1) is 5.41 Å². The minimum Gasteiger partial charge on any atom is -0.464 e. The smallest absolute Gasteiger partial charge is 0.324 e. The van der Waals surface area contributed by atoms with E-state index in [1.54, 1.807) is 0 Å². The highest BCUT2D eigenvalue weighted by Gasteiger charge is 2.34. The van der Waals surface area contributed by atoms with Crippen molar-refractivity contribution in [2.45, 2.75) is 84.8 Å². The molecule has 1 aromatic carbocycles. The van der Waals surface area contributed by atoms with Crippen molar-refractivity contribution in [3.8, 4) is 11.3 Å². The number of benzene rings is 1. The van der Waals surface area contributed by atoms with Gasteiger partial charge < -0.3 is 15.0 Å². The zero-order valence-corrected chi connectivity index (χ0v) is 27.4. The predicted octanol–water partition coefficient (Wildman–Crippen LogP) is 4.88. The second kappa shape index (κ2) is 12.7. The van der Waals surface area contributed by atoms with E-state index in [1.807, 2.05) is 12.3 Å². The van der Waals surface area contributed by atoms with Crippen LogP contribution in [0.5, 0.6) is 0 Å². The van der Waals surface area contributed by atoms with E-state index in [9.17, 15) is 9.59 Å². The summed E-state index contributed by atoms with van der Waals surface area (Å²) in [6, 6.07) is 9.81. The average Bonchev–Trinajstić information content (AvgIpc) is 3.34. The second-order valence-electron chi connectivity index (χ2n) is 14.0. The molecule has 3 atom stereocenters. The zero-order chi connectivity index (χ0) is 31.9. The highest BCUT2D eigenvalue weighted by molar-refractivity contribution is 5.95. The number of hydrogen-bond donors (Lipinski definition) is 2. The SMILES string of the molecule is CCn1c(-c2cccnc2C(C)C)c2c3cc(ccc31)C1=CCCN(C1)CC(N)C(=O)N1CCC[C@H](N1)C(=O)OCC(C)(C)C2. The number of fused-ring (bicyclic) bond motifs is 6. The van der Waals surface area contributed by atoms with Crippen molar-refractivity contribution in [1.29, 1.82) is 0 Å². The van der Waals surface area contributed by atoms with Gasteiger partial charge in [-0.3, -0.25) is 24.5 Å². The van der Waals surface area contributed by atoms with Gasteiger partial charge in [-0.15, -0.1) is 0 Å². The Morgan fingerprint density at radius 2 is 2.00 bits per heavy atom. The monoisotopic (exact) mass is 612 g/mol. The third-order valence-corrected chi connectivity index (χ3v) is 9.50. The minimum absolute atomic E-state index is 0.180. The van der Waals surface area contributed by atoms with Crippen LogP contribution in [-0.4, -0.2) is 76.2 Å². The number of nitrogens with one attached hydrogen (secondary N) is 1. The quantitative estimate of drug-likeness (QED) is 0.406. The van der Waals surface area contributed by atoms with Crippen LogP contribution in [0.4, 0.5) is 0 Å². The fourth-order valence-electron chi connectivity index (χ4n) is 7.26. The summed E-state index contributed by atoms with van der Waals surface area (Å²) >= 11 is 0. The number of amides is 1. The Morgan fingerprint density at radius 3 is 2.78 bits per heavy atom. The van der Waals surface area contributed by atoms with Gasteiger partial charge in [0, 0.05) is 60.8 Å². The number of ether oxygens (including phenoxy) is 1. The molecule has 3 aromatic rings. The number of pyridine rings is 1. The van der Waals surface area contributed by atoms with Crippen LogP contribution in [0.25, 0.3) is 27.7 Å². The van der Waals surface area contributed by atoms with Gasteiger partial charge in [-0.25, -0.2) is 5.43 Å². The van der Waals surface area contributed by atoms with E-state index in [4.69, 9.17) is 15.5 Å². The van der Waals surface area contributed by atoms with E-state index in [-0.39, 0.29) is 29.8 Å². The lowest BCUT2D eigenvalue weighted by molar-refractivity contribution is -0.155. The highest BCUT2D eigenvalue weighted by atomic mass is 16.5. The molecule has 0 radical (unpaired) electrons. The molecule has 0 saturated carbocycles. The molecule has 2 unspecified atom stereocenters. The normalized spacial score (nSPS) is 24.4. The molecular formula is C36H48N6O3. The number of carbonyl (C=O) groups is 2. The summed E-state index contributed by atoms with van der Waals surface area (Å²) in [5.41, 5.74) is 17.6. The topological polar surface area (TPSA) is 106 Å². The Kier molecular flexibility index (Phi) is 8.87. The maximum Gasteiger partial charge on any atom is 0.324 e. The maximum absolute atomic E-state index is 13.3. The summed E-state index contributed by atoms with van der Waals surface area (Å²) in [5.74, 6) is -0.241. The van der Waals surface area contributed by atoms with Crippen LogP contribution in [0.1, 0.15) is 76.6 Å². The van der Waals surface area contributed by atoms with Crippen LogP contribution in [0.15, 0.2) is 42.6 Å². The van der Waals surface area contributed by atoms with Gasteiger partial charge in [0.2, 0.25) is 0 Å². The summed E-state index contributed by atoms with van der Waals surface area (Å²) in [5, 5.41) is 2.76. The minimum atomic E-state index is -0.686. The lowest BCUT2D eigenvalue weighted by atomic mass is 9.83. The first-order valence-electron chi connectivity index (χ1n) is 16.6. The van der Waals surface area contributed by atoms with Crippen LogP contribution < -0.4 is 11.2 Å². The second-order valence-corrected chi connectivity index (χ2v) is 14.0. The van der Waals surface area contributed by atoms with E-state index >= 15 is 0 Å². The van der Waals surface area contributed by atoms with E-state index < -0.39 is 12.1 Å². The summed E-state index contributed by atoms with van der Waals surface area (Å²) in [6.45, 7) is 14.6. The molecule has 0 aliphatic carbocycles. The molecule has 5 heterocycles. The van der Waals surface area contributed by atoms with Crippen LogP contribution >= 0.6 is 0 Å². The number of aromatic nitrogens is 2. The van der Waals surface area contributed by atoms with Crippen molar-refractivity contribution in [3.05, 3.63) is 59.4 Å². The first-order valence-corrected chi connectivity index (χ1v) is 16.6. The number of aryl methyl sites for hydroxylation is 1. The Bertz CT molecular complexity index is 1620. The number of hydrogen-bond acceptors (Lipinski definition) is 7. The number of rotatable bonds is 3. The van der Waals surface area contributed by atoms with Crippen molar-refractivity contribution in [1.82, 2.24) is 24.9 Å². The first kappa shape index (κ1) is 31.5. The molecule has 0 spiro atoms. The lowest BCUT2D eigenvalue weighted by Gasteiger charge is -2.36. The molecule has 3 N–H and O–H groups in total. The third-order valence-electron chi connectivity index (χ3n) is 9.50. The van der Waals surface area contributed by atoms with Crippen molar-refractivity contribution < 1.29 is 14.3 Å². The van der Waals surface area contributed by atoms with Gasteiger partial charge in [0.05, 0.1) is 24.0 Å². The number of carbonyl (C=O) groups excluding carboxylic acids is 2. The van der Waals surface area contributed by atoms with Gasteiger partial charge in [0.25, 0.3) is 5.91 Å². The largest absolute Gasteiger partial charge is 0.464 e. The molecule has 2 aromatic heterocycles. The fraction of sp³-hybridized carbons (Fsp3) is 0.528. The van der Waals surface area contributed by atoms with E-state index in [0.29, 0.717) is 19.5 Å². The molecule has 1 fully saturated rings. The molecule has 9 heteroatoms. The molecule has 9 nitrogen and oxygen atoms in total. The average molecular weight is 613 g/mol. The number of cyclic esters (lactones) is 1. The van der Waals surface area contributed by atoms with Crippen LogP contribution in [0.2, 0.25) is 0 Å². The molecule has 240 valence electrons. The molecule has 3 aliphatic heterocycles. The van der Waals surface area contributed by atoms with E-state index in [0.717, 1.165) is 50.2 Å². The van der Waals surface area contributed by atoms with Crippen molar-refractivity contribution in [2.75, 3.05) is 32.8 Å². The number of nitrogens with zero attached hydrogens (tertiary/aromatic N) is 4. The van der Waals surface area contributed by atoms with Crippen molar-refractivity contribution in [2.24, 2.45) is 11.1 Å². The first-order chi connectivity index (χ1) is 21.6. The Labute approximate surface area is 266 Å². The molecule has 6 bridgehead atoms. The zero-order valence-electron chi connectivity index (χ0n) is 27.4. The molecule has 45 heavy (non-hydrogen) atoms. The highest BCUT2D eigenvalue weighted by Crippen LogP contribution is 2.41. The Hall–Kier alpha value is -3.53. The predicted molar refractivity (Wildman–Crippen MR) is 178 cm³/mol. The number of esters is 1. The fourth-order valence-corrected chi connectivity index (χ4v) is 7.26. The number of nitrogens with two attached hydrogens (primary N) is 1. The summed E-state index contributed by atoms with van der Waals surface area (Å²) in [7, 11) is 0. The van der Waals surface area contributed by atoms with Crippen LogP contribution in [0.3, 0.4) is 0 Å². The van der Waals surface area contributed by atoms with Gasteiger partial charge in [-0.1, -0.05) is 39.8 Å². The Balaban J connectivity index is 1.50. The van der Waals surface area contributed by atoms with Crippen molar-refractivity contribution in [3.63, 3.8) is 0 Å². The van der Waals surface area contributed by atoms with E-state index in [2.05, 4.69) is 79.9 Å². The van der Waals surface area contributed by atoms with Gasteiger partial charge in [0.15, 0.2) is 0 Å². The van der Waals surface area contributed by atoms with E-state index in [1.165, 1.54) is 38.3 Å². The Morgan fingerprint density at radius 1 is 1.18 bits per heavy atom. The molecular weight excluding hydrogens is 564 g/mol. The standard InChI is InChI=1S/C36H48N6O3/c1-6-41-31-14-13-24-18-27(31)28(33(41)26-11-7-15-38-32(26)23(2)3)19-36(4,5)22-45-35(44)30-12-9-17-42(39-30)34(43)29(37)21-40-16-8-10-25(24)20-40/h7,10-11,13-15,18,23,29-30,39H,6,8-9,12,16-17,19-22,37H2,1-5H3/t29?,30-/m0/s1. The van der Waals surface area contributed by atoms with Crippen LogP contribution in [-0.2, 0) is 27.3 Å². The molecule has 3 aliphatic rings. The van der Waals surface area contributed by atoms with Gasteiger partial charge >= 0.3 is 5.97 Å². The molecule has 1 amide bonds.